The lowest BCUT2D eigenvalue weighted by Crippen LogP contribution is -2.06. The molecular formula is C4H8N2S4. The molecule has 0 aliphatic carbocycles. The third-order valence-electron chi connectivity index (χ3n) is 0.572. The normalized spacial score (nSPS) is 9.20. The van der Waals surface area contributed by atoms with Crippen LogP contribution in [-0.4, -0.2) is 20.1 Å². The van der Waals surface area contributed by atoms with Gasteiger partial charge < -0.3 is 11.5 Å². The number of hydrogen-bond donors (Lipinski definition) is 2. The predicted octanol–water partition coefficient (Wildman–Crippen LogP) is 0.940. The summed E-state index contributed by atoms with van der Waals surface area (Å²) in [5, 5.41) is 0. The third kappa shape index (κ3) is 8.48. The van der Waals surface area contributed by atoms with Crippen molar-refractivity contribution in [2.24, 2.45) is 11.5 Å². The molecule has 0 saturated carbocycles. The Morgan fingerprint density at radius 2 is 1.30 bits per heavy atom. The van der Waals surface area contributed by atoms with E-state index in [1.165, 1.54) is 23.5 Å². The fraction of sp³-hybridized carbons (Fsp3) is 0.500. The summed E-state index contributed by atoms with van der Waals surface area (Å²) in [4.78, 5) is 0. The highest BCUT2D eigenvalue weighted by Crippen LogP contribution is 2.06. The molecule has 0 rings (SSSR count). The molecule has 10 heavy (non-hydrogen) atoms. The van der Waals surface area contributed by atoms with Gasteiger partial charge in [-0.1, -0.05) is 48.0 Å². The summed E-state index contributed by atoms with van der Waals surface area (Å²) >= 11 is 12.2. The summed E-state index contributed by atoms with van der Waals surface area (Å²) in [5.41, 5.74) is 10.5. The lowest BCUT2D eigenvalue weighted by atomic mass is 11.0. The average Bonchev–Trinajstić information content (AvgIpc) is 1.79. The van der Waals surface area contributed by atoms with Crippen LogP contribution in [0, 0.1) is 0 Å². The van der Waals surface area contributed by atoms with Gasteiger partial charge in [0.25, 0.3) is 0 Å². The number of rotatable bonds is 3. The maximum atomic E-state index is 5.23. The molecule has 0 spiro atoms. The molecule has 4 N–H and O–H groups in total. The number of thioether (sulfide) groups is 2. The Bertz CT molecular complexity index is 119. The highest BCUT2D eigenvalue weighted by Gasteiger charge is 1.92. The molecule has 58 valence electrons. The van der Waals surface area contributed by atoms with Crippen LogP contribution in [-0.2, 0) is 0 Å². The monoisotopic (exact) mass is 212 g/mol. The predicted molar refractivity (Wildman–Crippen MR) is 58.5 cm³/mol. The van der Waals surface area contributed by atoms with E-state index in [-0.39, 0.29) is 0 Å². The maximum absolute atomic E-state index is 5.23. The second-order valence-electron chi connectivity index (χ2n) is 1.33. The van der Waals surface area contributed by atoms with E-state index < -0.39 is 0 Å². The van der Waals surface area contributed by atoms with E-state index in [1.807, 2.05) is 0 Å². The Kier molecular flexibility index (Phi) is 6.50. The lowest BCUT2D eigenvalue weighted by molar-refractivity contribution is 1.57. The molecule has 2 nitrogen and oxygen atoms in total. The van der Waals surface area contributed by atoms with E-state index in [2.05, 4.69) is 24.4 Å². The molecule has 0 bridgehead atoms. The third-order valence-corrected chi connectivity index (χ3v) is 2.92. The minimum Gasteiger partial charge on any atom is -0.385 e. The van der Waals surface area contributed by atoms with Crippen LogP contribution >= 0.6 is 48.0 Å². The van der Waals surface area contributed by atoms with Crippen molar-refractivity contribution in [3.63, 3.8) is 0 Å². The Balaban J connectivity index is 3.06. The number of hydrogen-bond acceptors (Lipinski definition) is 4. The minimum absolute atomic E-state index is 0.475. The smallest absolute Gasteiger partial charge is 0.131 e. The van der Waals surface area contributed by atoms with E-state index in [0.717, 1.165) is 11.5 Å². The van der Waals surface area contributed by atoms with Crippen molar-refractivity contribution in [2.45, 2.75) is 0 Å². The first-order chi connectivity index (χ1) is 4.63. The van der Waals surface area contributed by atoms with Gasteiger partial charge in [-0.15, -0.1) is 0 Å². The zero-order chi connectivity index (χ0) is 7.98. The van der Waals surface area contributed by atoms with Gasteiger partial charge >= 0.3 is 0 Å². The van der Waals surface area contributed by atoms with Crippen LogP contribution in [0.15, 0.2) is 0 Å². The van der Waals surface area contributed by atoms with Gasteiger partial charge in [-0.05, 0) is 0 Å². The molecule has 0 saturated heterocycles. The molecule has 0 aromatic carbocycles. The molecule has 0 radical (unpaired) electrons. The Hall–Kier alpha value is 0.480. The van der Waals surface area contributed by atoms with E-state index >= 15 is 0 Å². The van der Waals surface area contributed by atoms with Crippen LogP contribution in [0.4, 0.5) is 0 Å². The van der Waals surface area contributed by atoms with Crippen molar-refractivity contribution >= 4 is 56.6 Å². The van der Waals surface area contributed by atoms with E-state index in [0.29, 0.717) is 8.64 Å². The van der Waals surface area contributed by atoms with Crippen molar-refractivity contribution in [1.82, 2.24) is 0 Å². The molecule has 0 aromatic rings. The standard InChI is InChI=1S/C4H8N2S4/c5-3(7)9-1-2-10-4(6)8/h1-2H2,(H2,5,7)(H2,6,8). The topological polar surface area (TPSA) is 52.0 Å². The quantitative estimate of drug-likeness (QED) is 0.536. The van der Waals surface area contributed by atoms with Gasteiger partial charge in [-0.25, -0.2) is 0 Å². The Morgan fingerprint density at radius 3 is 1.50 bits per heavy atom. The second-order valence-corrected chi connectivity index (χ2v) is 5.00. The van der Waals surface area contributed by atoms with Crippen LogP contribution in [0.25, 0.3) is 0 Å². The van der Waals surface area contributed by atoms with Crippen molar-refractivity contribution < 1.29 is 0 Å². The molecule has 0 unspecified atom stereocenters. The van der Waals surface area contributed by atoms with Crippen molar-refractivity contribution in [1.29, 1.82) is 0 Å². The van der Waals surface area contributed by atoms with Crippen LogP contribution in [0.5, 0.6) is 0 Å². The van der Waals surface area contributed by atoms with Gasteiger partial charge in [0.2, 0.25) is 0 Å². The Morgan fingerprint density at radius 1 is 1.00 bits per heavy atom. The van der Waals surface area contributed by atoms with Crippen molar-refractivity contribution in [3.05, 3.63) is 0 Å². The van der Waals surface area contributed by atoms with Crippen LogP contribution < -0.4 is 11.5 Å². The largest absolute Gasteiger partial charge is 0.385 e. The lowest BCUT2D eigenvalue weighted by Gasteiger charge is -1.96. The molecule has 0 fully saturated rings. The first kappa shape index (κ1) is 10.5. The van der Waals surface area contributed by atoms with Crippen LogP contribution in [0.1, 0.15) is 0 Å². The minimum atomic E-state index is 0.475. The van der Waals surface area contributed by atoms with Crippen LogP contribution in [0.3, 0.4) is 0 Å². The van der Waals surface area contributed by atoms with Gasteiger partial charge in [0.05, 0.1) is 0 Å². The summed E-state index contributed by atoms with van der Waals surface area (Å²) in [7, 11) is 0. The first-order valence-electron chi connectivity index (χ1n) is 2.47. The first-order valence-corrected chi connectivity index (χ1v) is 5.26. The van der Waals surface area contributed by atoms with Gasteiger partial charge in [0.1, 0.15) is 8.64 Å². The van der Waals surface area contributed by atoms with Gasteiger partial charge in [0.15, 0.2) is 0 Å². The highest BCUT2D eigenvalue weighted by molar-refractivity contribution is 8.25. The fourth-order valence-corrected chi connectivity index (χ4v) is 1.85. The maximum Gasteiger partial charge on any atom is 0.131 e. The molecule has 0 atom stereocenters. The van der Waals surface area contributed by atoms with E-state index in [4.69, 9.17) is 11.5 Å². The molecule has 6 heteroatoms. The summed E-state index contributed by atoms with van der Waals surface area (Å²) < 4.78 is 0.951. The SMILES string of the molecule is NC(=S)SCCSC(N)=S. The zero-order valence-corrected chi connectivity index (χ0v) is 8.47. The summed E-state index contributed by atoms with van der Waals surface area (Å²) in [6, 6.07) is 0. The molecular weight excluding hydrogens is 204 g/mol. The highest BCUT2D eigenvalue weighted by atomic mass is 32.2. The van der Waals surface area contributed by atoms with Crippen LogP contribution in [0.2, 0.25) is 0 Å². The summed E-state index contributed by atoms with van der Waals surface area (Å²) in [5.74, 6) is 1.74. The number of nitrogens with two attached hydrogens (primary N) is 2. The van der Waals surface area contributed by atoms with E-state index in [1.54, 1.807) is 0 Å². The summed E-state index contributed by atoms with van der Waals surface area (Å²) in [6.07, 6.45) is 0. The average molecular weight is 212 g/mol. The molecule has 0 heterocycles. The van der Waals surface area contributed by atoms with Crippen molar-refractivity contribution in [3.8, 4) is 0 Å². The fourth-order valence-electron chi connectivity index (χ4n) is 0.285. The zero-order valence-electron chi connectivity index (χ0n) is 5.20. The van der Waals surface area contributed by atoms with Crippen molar-refractivity contribution in [2.75, 3.05) is 11.5 Å². The number of thiocarbonyl (C=S) groups is 2. The van der Waals surface area contributed by atoms with Gasteiger partial charge in [0, 0.05) is 11.5 Å². The van der Waals surface area contributed by atoms with Gasteiger partial charge in [-0.3, -0.25) is 0 Å². The molecule has 0 aliphatic heterocycles. The Labute approximate surface area is 79.5 Å². The van der Waals surface area contributed by atoms with E-state index in [9.17, 15) is 0 Å². The molecule has 0 amide bonds. The van der Waals surface area contributed by atoms with Gasteiger partial charge in [-0.2, -0.15) is 0 Å². The molecule has 0 aromatic heterocycles. The summed E-state index contributed by atoms with van der Waals surface area (Å²) in [6.45, 7) is 0. The second kappa shape index (κ2) is 6.21. The molecule has 0 aliphatic rings.